The zero-order valence-corrected chi connectivity index (χ0v) is 10.7. The predicted molar refractivity (Wildman–Crippen MR) is 75.8 cm³/mol. The lowest BCUT2D eigenvalue weighted by molar-refractivity contribution is 0.659. The fraction of sp³-hybridized carbons (Fsp3) is 0.200. The summed E-state index contributed by atoms with van der Waals surface area (Å²) in [6.07, 6.45) is 0. The van der Waals surface area contributed by atoms with Gasteiger partial charge in [0.1, 0.15) is 5.50 Å². The summed E-state index contributed by atoms with van der Waals surface area (Å²) in [6.45, 7) is 1.05. The molecule has 1 N–H and O–H groups in total. The van der Waals surface area contributed by atoms with Crippen molar-refractivity contribution in [1.29, 1.82) is 0 Å². The van der Waals surface area contributed by atoms with Gasteiger partial charge >= 0.3 is 0 Å². The van der Waals surface area contributed by atoms with Crippen molar-refractivity contribution in [2.24, 2.45) is 0 Å². The standard InChI is InChI=1S/C15H14N2S/c1-2-6-11(7-3-1)12-10-17-13-8-4-5-9-14(13)18-15(17)16-12/h1-9,12,15-16H,10H2/t12-,15+/m1/s1. The van der Waals surface area contributed by atoms with Crippen molar-refractivity contribution < 1.29 is 0 Å². The van der Waals surface area contributed by atoms with E-state index in [1.165, 1.54) is 16.1 Å². The first-order valence-electron chi connectivity index (χ1n) is 6.25. The number of benzene rings is 2. The van der Waals surface area contributed by atoms with Gasteiger partial charge in [-0.25, -0.2) is 0 Å². The van der Waals surface area contributed by atoms with Gasteiger partial charge in [0.25, 0.3) is 0 Å². The van der Waals surface area contributed by atoms with E-state index in [0.29, 0.717) is 11.5 Å². The molecular formula is C15H14N2S. The highest BCUT2D eigenvalue weighted by Crippen LogP contribution is 2.46. The Morgan fingerprint density at radius 3 is 2.67 bits per heavy atom. The second kappa shape index (κ2) is 4.04. The number of hydrogen-bond acceptors (Lipinski definition) is 3. The van der Waals surface area contributed by atoms with Gasteiger partial charge in [0.2, 0.25) is 0 Å². The summed E-state index contributed by atoms with van der Waals surface area (Å²) in [4.78, 5) is 3.86. The van der Waals surface area contributed by atoms with Crippen LogP contribution in [-0.4, -0.2) is 12.0 Å². The highest BCUT2D eigenvalue weighted by Gasteiger charge is 2.38. The minimum absolute atomic E-state index is 0.396. The molecule has 0 bridgehead atoms. The van der Waals surface area contributed by atoms with E-state index >= 15 is 0 Å². The van der Waals surface area contributed by atoms with Crippen molar-refractivity contribution in [2.45, 2.75) is 16.4 Å². The van der Waals surface area contributed by atoms with Crippen molar-refractivity contribution in [3.05, 3.63) is 60.2 Å². The number of nitrogens with zero attached hydrogens (tertiary/aromatic N) is 1. The van der Waals surface area contributed by atoms with Crippen molar-refractivity contribution >= 4 is 17.4 Å². The van der Waals surface area contributed by atoms with E-state index in [2.05, 4.69) is 64.8 Å². The fourth-order valence-electron chi connectivity index (χ4n) is 2.73. The number of fused-ring (bicyclic) bond motifs is 3. The van der Waals surface area contributed by atoms with Crippen molar-refractivity contribution in [2.75, 3.05) is 11.4 Å². The SMILES string of the molecule is c1ccc([C@H]2CN3c4ccccc4S[C@H]3N2)cc1. The molecule has 90 valence electrons. The number of anilines is 1. The lowest BCUT2D eigenvalue weighted by Crippen LogP contribution is -2.28. The molecule has 2 nitrogen and oxygen atoms in total. The van der Waals surface area contributed by atoms with Gasteiger partial charge in [-0.2, -0.15) is 0 Å². The van der Waals surface area contributed by atoms with E-state index in [1.54, 1.807) is 0 Å². The van der Waals surface area contributed by atoms with Gasteiger partial charge in [-0.3, -0.25) is 5.32 Å². The molecule has 2 heterocycles. The highest BCUT2D eigenvalue weighted by molar-refractivity contribution is 8.00. The maximum absolute atomic E-state index is 3.70. The van der Waals surface area contributed by atoms with Gasteiger partial charge < -0.3 is 4.90 Å². The van der Waals surface area contributed by atoms with Crippen LogP contribution in [0, 0.1) is 0 Å². The molecule has 0 unspecified atom stereocenters. The van der Waals surface area contributed by atoms with Gasteiger partial charge in [-0.05, 0) is 17.7 Å². The summed E-state index contributed by atoms with van der Waals surface area (Å²) in [5.41, 5.74) is 3.15. The third-order valence-electron chi connectivity index (χ3n) is 3.62. The number of hydrogen-bond donors (Lipinski definition) is 1. The third-order valence-corrected chi connectivity index (χ3v) is 4.83. The molecule has 4 rings (SSSR count). The third kappa shape index (κ3) is 1.55. The summed E-state index contributed by atoms with van der Waals surface area (Å²) >= 11 is 1.92. The normalized spacial score (nSPS) is 25.0. The number of nitrogens with one attached hydrogen (secondary N) is 1. The van der Waals surface area contributed by atoms with E-state index in [4.69, 9.17) is 0 Å². The summed E-state index contributed by atoms with van der Waals surface area (Å²) in [7, 11) is 0. The monoisotopic (exact) mass is 254 g/mol. The number of para-hydroxylation sites is 1. The Morgan fingerprint density at radius 1 is 1.00 bits per heavy atom. The van der Waals surface area contributed by atoms with E-state index in [0.717, 1.165) is 6.54 Å². The van der Waals surface area contributed by atoms with Crippen LogP contribution in [0.25, 0.3) is 0 Å². The van der Waals surface area contributed by atoms with Gasteiger partial charge in [0, 0.05) is 11.4 Å². The van der Waals surface area contributed by atoms with Gasteiger partial charge in [-0.15, -0.1) is 0 Å². The zero-order chi connectivity index (χ0) is 11.9. The fourth-order valence-corrected chi connectivity index (χ4v) is 3.99. The second-order valence-electron chi connectivity index (χ2n) is 4.72. The molecule has 2 aromatic rings. The first-order valence-corrected chi connectivity index (χ1v) is 7.13. The molecule has 18 heavy (non-hydrogen) atoms. The largest absolute Gasteiger partial charge is 0.344 e. The minimum atomic E-state index is 0.396. The molecule has 0 amide bonds. The summed E-state index contributed by atoms with van der Waals surface area (Å²) in [5, 5.41) is 3.70. The van der Waals surface area contributed by atoms with E-state index in [1.807, 2.05) is 11.8 Å². The van der Waals surface area contributed by atoms with Crippen LogP contribution in [0.5, 0.6) is 0 Å². The van der Waals surface area contributed by atoms with Crippen LogP contribution in [0.2, 0.25) is 0 Å². The average Bonchev–Trinajstić information content (AvgIpc) is 2.97. The topological polar surface area (TPSA) is 15.3 Å². The number of thioether (sulfide) groups is 1. The summed E-state index contributed by atoms with van der Waals surface area (Å²) < 4.78 is 0. The number of rotatable bonds is 1. The molecule has 2 aliphatic heterocycles. The van der Waals surface area contributed by atoms with Crippen LogP contribution >= 0.6 is 11.8 Å². The van der Waals surface area contributed by atoms with Gasteiger partial charge in [0.05, 0.1) is 11.7 Å². The molecule has 0 aliphatic carbocycles. The molecule has 2 aliphatic rings. The van der Waals surface area contributed by atoms with Crippen LogP contribution in [0.4, 0.5) is 5.69 Å². The Labute approximate surface area is 111 Å². The van der Waals surface area contributed by atoms with Crippen LogP contribution in [0.3, 0.4) is 0 Å². The van der Waals surface area contributed by atoms with Crippen molar-refractivity contribution in [1.82, 2.24) is 5.32 Å². The molecular weight excluding hydrogens is 240 g/mol. The maximum atomic E-state index is 3.70. The molecule has 0 aromatic heterocycles. The molecule has 1 fully saturated rings. The van der Waals surface area contributed by atoms with E-state index in [9.17, 15) is 0 Å². The van der Waals surface area contributed by atoms with Crippen molar-refractivity contribution in [3.8, 4) is 0 Å². The smallest absolute Gasteiger partial charge is 0.133 e. The second-order valence-corrected chi connectivity index (χ2v) is 5.84. The zero-order valence-electron chi connectivity index (χ0n) is 9.91. The molecule has 0 spiro atoms. The van der Waals surface area contributed by atoms with E-state index < -0.39 is 0 Å². The Hall–Kier alpha value is -1.45. The molecule has 2 atom stereocenters. The molecule has 0 saturated carbocycles. The molecule has 0 radical (unpaired) electrons. The first kappa shape index (κ1) is 10.5. The Bertz CT molecular complexity index is 570. The quantitative estimate of drug-likeness (QED) is 0.841. The van der Waals surface area contributed by atoms with Gasteiger partial charge in [-0.1, -0.05) is 54.2 Å². The summed E-state index contributed by atoms with van der Waals surface area (Å²) in [6, 6.07) is 19.8. The van der Waals surface area contributed by atoms with Crippen LogP contribution in [-0.2, 0) is 0 Å². The molecule has 1 saturated heterocycles. The lowest BCUT2D eigenvalue weighted by Gasteiger charge is -2.16. The van der Waals surface area contributed by atoms with Crippen LogP contribution < -0.4 is 10.2 Å². The van der Waals surface area contributed by atoms with Gasteiger partial charge in [0.15, 0.2) is 0 Å². The summed E-state index contributed by atoms with van der Waals surface area (Å²) in [5.74, 6) is 0. The maximum Gasteiger partial charge on any atom is 0.133 e. The molecule has 2 aromatic carbocycles. The Kier molecular flexibility index (Phi) is 2.35. The van der Waals surface area contributed by atoms with Crippen LogP contribution in [0.15, 0.2) is 59.5 Å². The molecule has 3 heteroatoms. The van der Waals surface area contributed by atoms with Crippen LogP contribution in [0.1, 0.15) is 11.6 Å². The lowest BCUT2D eigenvalue weighted by atomic mass is 10.1. The first-order chi connectivity index (χ1) is 8.92. The highest BCUT2D eigenvalue weighted by atomic mass is 32.2. The minimum Gasteiger partial charge on any atom is -0.344 e. The predicted octanol–water partition coefficient (Wildman–Crippen LogP) is 3.23. The Balaban J connectivity index is 1.64. The van der Waals surface area contributed by atoms with E-state index in [-0.39, 0.29) is 0 Å². The van der Waals surface area contributed by atoms with Crippen molar-refractivity contribution in [3.63, 3.8) is 0 Å². The Morgan fingerprint density at radius 2 is 1.78 bits per heavy atom. The average molecular weight is 254 g/mol.